The molecule has 0 aliphatic heterocycles. The molecule has 0 N–H and O–H groups in total. The molecule has 0 heterocycles. The highest BCUT2D eigenvalue weighted by molar-refractivity contribution is 6.69. The van der Waals surface area contributed by atoms with Gasteiger partial charge in [-0.3, -0.25) is 0 Å². The van der Waals surface area contributed by atoms with E-state index in [-0.39, 0.29) is 0 Å². The number of para-hydroxylation sites is 1. The summed E-state index contributed by atoms with van der Waals surface area (Å²) in [6.45, 7) is 8.11. The van der Waals surface area contributed by atoms with E-state index in [9.17, 15) is 5.26 Å². The van der Waals surface area contributed by atoms with Crippen molar-refractivity contribution < 1.29 is 9.16 Å². The lowest BCUT2D eigenvalue weighted by atomic mass is 9.97. The summed E-state index contributed by atoms with van der Waals surface area (Å²) in [4.78, 5) is 0. The molecule has 18 heavy (non-hydrogen) atoms. The van der Waals surface area contributed by atoms with Crippen molar-refractivity contribution in [2.45, 2.75) is 38.6 Å². The monoisotopic (exact) mass is 263 g/mol. The summed E-state index contributed by atoms with van der Waals surface area (Å²) in [5, 5.41) is 9.38. The quantitative estimate of drug-likeness (QED) is 0.765. The zero-order valence-corrected chi connectivity index (χ0v) is 12.8. The number of hydrogen-bond donors (Lipinski definition) is 0. The molecule has 1 atom stereocenters. The van der Waals surface area contributed by atoms with Gasteiger partial charge in [0.05, 0.1) is 13.2 Å². The Kier molecular flexibility index (Phi) is 4.55. The van der Waals surface area contributed by atoms with Crippen LogP contribution in [0.15, 0.2) is 24.3 Å². The van der Waals surface area contributed by atoms with Crippen molar-refractivity contribution in [3.8, 4) is 11.8 Å². The fourth-order valence-corrected chi connectivity index (χ4v) is 3.46. The first-order valence-corrected chi connectivity index (χ1v) is 9.44. The minimum absolute atomic E-state index is 0.539. The zero-order chi connectivity index (χ0) is 13.8. The van der Waals surface area contributed by atoms with Gasteiger partial charge in [-0.1, -0.05) is 18.2 Å². The maximum absolute atomic E-state index is 9.38. The fraction of sp³-hybridized carbons (Fsp3) is 0.500. The van der Waals surface area contributed by atoms with Crippen LogP contribution >= 0.6 is 0 Å². The van der Waals surface area contributed by atoms with Crippen molar-refractivity contribution in [3.63, 3.8) is 0 Å². The first-order valence-electron chi connectivity index (χ1n) is 6.03. The van der Waals surface area contributed by atoms with Crippen molar-refractivity contribution in [1.29, 1.82) is 5.26 Å². The predicted molar refractivity (Wildman–Crippen MR) is 75.1 cm³/mol. The molecule has 1 rings (SSSR count). The standard InChI is InChI=1S/C14H21NO2Si/c1-14(11-15,17-18(3,4)5)10-12-8-6-7-9-13(12)16-2/h6-9H,10H2,1-5H3. The molecule has 0 spiro atoms. The number of benzene rings is 1. The van der Waals surface area contributed by atoms with Gasteiger partial charge < -0.3 is 9.16 Å². The summed E-state index contributed by atoms with van der Waals surface area (Å²) in [5.41, 5.74) is 0.210. The Morgan fingerprint density at radius 1 is 1.28 bits per heavy atom. The van der Waals surface area contributed by atoms with Crippen molar-refractivity contribution >= 4 is 8.32 Å². The second kappa shape index (κ2) is 5.55. The van der Waals surface area contributed by atoms with Gasteiger partial charge >= 0.3 is 0 Å². The Balaban J connectivity index is 2.96. The van der Waals surface area contributed by atoms with Crippen molar-refractivity contribution in [3.05, 3.63) is 29.8 Å². The molecule has 98 valence electrons. The van der Waals surface area contributed by atoms with Crippen LogP contribution in [0.25, 0.3) is 0 Å². The highest BCUT2D eigenvalue weighted by atomic mass is 28.4. The Morgan fingerprint density at radius 2 is 1.89 bits per heavy atom. The fourth-order valence-electron chi connectivity index (χ4n) is 1.99. The lowest BCUT2D eigenvalue weighted by molar-refractivity contribution is 0.140. The molecular formula is C14H21NO2Si. The third-order valence-electron chi connectivity index (χ3n) is 2.49. The number of hydrogen-bond acceptors (Lipinski definition) is 3. The van der Waals surface area contributed by atoms with E-state index in [2.05, 4.69) is 25.7 Å². The van der Waals surface area contributed by atoms with Crippen LogP contribution in [0.1, 0.15) is 12.5 Å². The third-order valence-corrected chi connectivity index (χ3v) is 3.55. The van der Waals surface area contributed by atoms with E-state index < -0.39 is 13.9 Å². The number of nitrogens with zero attached hydrogens (tertiary/aromatic N) is 1. The summed E-state index contributed by atoms with van der Waals surface area (Å²) in [7, 11) is -0.118. The van der Waals surface area contributed by atoms with E-state index >= 15 is 0 Å². The van der Waals surface area contributed by atoms with Gasteiger partial charge in [-0.05, 0) is 38.2 Å². The van der Waals surface area contributed by atoms with Gasteiger partial charge in [0.25, 0.3) is 0 Å². The van der Waals surface area contributed by atoms with E-state index in [0.717, 1.165) is 11.3 Å². The molecule has 0 bridgehead atoms. The SMILES string of the molecule is COc1ccccc1CC(C)(C#N)O[Si](C)(C)C. The summed E-state index contributed by atoms with van der Waals surface area (Å²) in [5.74, 6) is 0.804. The third kappa shape index (κ3) is 4.17. The van der Waals surface area contributed by atoms with Crippen LogP contribution in [-0.4, -0.2) is 21.0 Å². The molecule has 3 nitrogen and oxygen atoms in total. The van der Waals surface area contributed by atoms with Gasteiger partial charge in [-0.25, -0.2) is 0 Å². The van der Waals surface area contributed by atoms with E-state index in [1.807, 2.05) is 31.2 Å². The molecule has 1 aromatic rings. The highest BCUT2D eigenvalue weighted by Crippen LogP contribution is 2.27. The summed E-state index contributed by atoms with van der Waals surface area (Å²) >= 11 is 0. The van der Waals surface area contributed by atoms with Crippen LogP contribution in [0.5, 0.6) is 5.75 Å². The first kappa shape index (κ1) is 14.7. The smallest absolute Gasteiger partial charge is 0.185 e. The van der Waals surface area contributed by atoms with Crippen LogP contribution in [0, 0.1) is 11.3 Å². The zero-order valence-electron chi connectivity index (χ0n) is 11.8. The lowest BCUT2D eigenvalue weighted by Crippen LogP contribution is -2.41. The van der Waals surface area contributed by atoms with Crippen LogP contribution < -0.4 is 4.74 Å². The highest BCUT2D eigenvalue weighted by Gasteiger charge is 2.32. The minimum atomic E-state index is -1.76. The minimum Gasteiger partial charge on any atom is -0.496 e. The van der Waals surface area contributed by atoms with E-state index in [0.29, 0.717) is 6.42 Å². The van der Waals surface area contributed by atoms with Crippen LogP contribution in [0.2, 0.25) is 19.6 Å². The summed E-state index contributed by atoms with van der Waals surface area (Å²) in [6.07, 6.45) is 0.539. The van der Waals surface area contributed by atoms with Crippen molar-refractivity contribution in [2.24, 2.45) is 0 Å². The Labute approximate surface area is 110 Å². The largest absolute Gasteiger partial charge is 0.496 e. The summed E-state index contributed by atoms with van der Waals surface area (Å²) < 4.78 is 11.3. The van der Waals surface area contributed by atoms with E-state index in [1.54, 1.807) is 7.11 Å². The van der Waals surface area contributed by atoms with Crippen molar-refractivity contribution in [1.82, 2.24) is 0 Å². The normalized spacial score (nSPS) is 14.7. The average Bonchev–Trinajstić information content (AvgIpc) is 2.27. The van der Waals surface area contributed by atoms with Crippen LogP contribution in [0.4, 0.5) is 0 Å². The predicted octanol–water partition coefficient (Wildman–Crippen LogP) is 3.37. The molecule has 0 aromatic heterocycles. The number of rotatable bonds is 5. The van der Waals surface area contributed by atoms with Gasteiger partial charge in [0, 0.05) is 6.42 Å². The molecule has 0 saturated carbocycles. The van der Waals surface area contributed by atoms with Gasteiger partial charge in [0.2, 0.25) is 0 Å². The number of nitriles is 1. The Bertz CT molecular complexity index is 448. The first-order chi connectivity index (χ1) is 8.29. The van der Waals surface area contributed by atoms with Gasteiger partial charge in [-0.15, -0.1) is 0 Å². The molecule has 0 saturated heterocycles. The van der Waals surface area contributed by atoms with Gasteiger partial charge in [-0.2, -0.15) is 5.26 Å². The Morgan fingerprint density at radius 3 is 2.39 bits per heavy atom. The van der Waals surface area contributed by atoms with E-state index in [1.165, 1.54) is 0 Å². The molecular weight excluding hydrogens is 242 g/mol. The second-order valence-electron chi connectivity index (χ2n) is 5.55. The molecule has 0 aliphatic rings. The number of methoxy groups -OCH3 is 1. The summed E-state index contributed by atoms with van der Waals surface area (Å²) in [6, 6.07) is 10.0. The molecule has 1 unspecified atom stereocenters. The molecule has 0 amide bonds. The number of ether oxygens (including phenoxy) is 1. The van der Waals surface area contributed by atoms with E-state index in [4.69, 9.17) is 9.16 Å². The van der Waals surface area contributed by atoms with Gasteiger partial charge in [0.15, 0.2) is 8.32 Å². The molecule has 0 aliphatic carbocycles. The van der Waals surface area contributed by atoms with Gasteiger partial charge in [0.1, 0.15) is 11.4 Å². The van der Waals surface area contributed by atoms with Crippen molar-refractivity contribution in [2.75, 3.05) is 7.11 Å². The second-order valence-corrected chi connectivity index (χ2v) is 9.97. The molecule has 4 heteroatoms. The van der Waals surface area contributed by atoms with Crippen LogP contribution in [0.3, 0.4) is 0 Å². The Hall–Kier alpha value is -1.31. The molecule has 0 fully saturated rings. The molecule has 0 radical (unpaired) electrons. The molecule has 1 aromatic carbocycles. The average molecular weight is 263 g/mol. The maximum atomic E-state index is 9.38. The van der Waals surface area contributed by atoms with Crippen LogP contribution in [-0.2, 0) is 10.8 Å². The maximum Gasteiger partial charge on any atom is 0.185 e. The lowest BCUT2D eigenvalue weighted by Gasteiger charge is -2.30. The topological polar surface area (TPSA) is 42.2 Å².